The average Bonchev–Trinajstić information content (AvgIpc) is 2.81. The lowest BCUT2D eigenvalue weighted by Gasteiger charge is -2.27. The number of amides is 1. The molecule has 0 bridgehead atoms. The number of ether oxygens (including phenoxy) is 2. The highest BCUT2D eigenvalue weighted by Crippen LogP contribution is 2.17. The van der Waals surface area contributed by atoms with Gasteiger partial charge in [-0.15, -0.1) is 11.3 Å². The first-order valence-electron chi connectivity index (χ1n) is 7.33. The third-order valence-corrected chi connectivity index (χ3v) is 3.78. The molecule has 0 radical (unpaired) electrons. The van der Waals surface area contributed by atoms with E-state index in [1.54, 1.807) is 23.3 Å². The molecule has 0 aliphatic rings. The second-order valence-electron chi connectivity index (χ2n) is 5.94. The van der Waals surface area contributed by atoms with Crippen molar-refractivity contribution in [2.75, 3.05) is 39.1 Å². The molecule has 0 saturated heterocycles. The van der Waals surface area contributed by atoms with Gasteiger partial charge in [0, 0.05) is 43.9 Å². The highest BCUT2D eigenvalue weighted by Gasteiger charge is 2.21. The molecule has 0 aliphatic carbocycles. The predicted octanol–water partition coefficient (Wildman–Crippen LogP) is 2.30. The van der Waals surface area contributed by atoms with Crippen LogP contribution in [0, 0.1) is 0 Å². The van der Waals surface area contributed by atoms with Gasteiger partial charge in [-0.2, -0.15) is 0 Å². The van der Waals surface area contributed by atoms with Crippen molar-refractivity contribution < 1.29 is 14.3 Å². The quantitative estimate of drug-likeness (QED) is 0.716. The smallest absolute Gasteiger partial charge is 0.410 e. The number of nitrogen functional groups attached to an aromatic ring is 1. The van der Waals surface area contributed by atoms with Gasteiger partial charge in [0.05, 0.1) is 6.61 Å². The molecule has 6 nitrogen and oxygen atoms in total. The number of thiophene rings is 1. The number of nitrogens with one attached hydrogen (secondary N) is 1. The maximum absolute atomic E-state index is 12.1. The van der Waals surface area contributed by atoms with E-state index in [0.717, 1.165) is 10.6 Å². The van der Waals surface area contributed by atoms with Crippen LogP contribution in [0.3, 0.4) is 0 Å². The second kappa shape index (κ2) is 8.97. The van der Waals surface area contributed by atoms with Crippen molar-refractivity contribution in [2.24, 2.45) is 0 Å². The molecule has 22 heavy (non-hydrogen) atoms. The Morgan fingerprint density at radius 2 is 2.14 bits per heavy atom. The van der Waals surface area contributed by atoms with Crippen molar-refractivity contribution in [1.82, 2.24) is 10.2 Å². The predicted molar refractivity (Wildman–Crippen MR) is 90.1 cm³/mol. The molecule has 0 unspecified atom stereocenters. The van der Waals surface area contributed by atoms with Crippen LogP contribution in [0.2, 0.25) is 0 Å². The Morgan fingerprint density at radius 3 is 2.68 bits per heavy atom. The number of nitrogens with zero attached hydrogens (tertiary/aromatic N) is 1. The highest BCUT2D eigenvalue weighted by molar-refractivity contribution is 7.10. The molecule has 1 aromatic heterocycles. The first kappa shape index (κ1) is 18.7. The maximum atomic E-state index is 12.1. The van der Waals surface area contributed by atoms with Gasteiger partial charge in [-0.3, -0.25) is 0 Å². The van der Waals surface area contributed by atoms with Crippen LogP contribution in [-0.4, -0.2) is 49.9 Å². The minimum Gasteiger partial charge on any atom is -0.444 e. The zero-order chi connectivity index (χ0) is 16.6. The fraction of sp³-hybridized carbons (Fsp3) is 0.667. The van der Waals surface area contributed by atoms with E-state index < -0.39 is 5.60 Å². The number of carbonyl (C=O) groups excluding carboxylic acids is 1. The van der Waals surface area contributed by atoms with Gasteiger partial charge in [-0.25, -0.2) is 4.79 Å². The van der Waals surface area contributed by atoms with E-state index in [2.05, 4.69) is 5.32 Å². The largest absolute Gasteiger partial charge is 0.444 e. The number of nitrogens with two attached hydrogens (primary N) is 1. The van der Waals surface area contributed by atoms with Crippen LogP contribution < -0.4 is 11.1 Å². The standard InChI is InChI=1S/C15H27N3O3S/c1-15(2,3)21-14(19)18(8-9-20-4)7-6-17-11-13-12(16)5-10-22-13/h5,10,17H,6-9,11,16H2,1-4H3. The molecule has 1 rings (SSSR count). The maximum Gasteiger partial charge on any atom is 0.410 e. The molecule has 0 atom stereocenters. The third kappa shape index (κ3) is 7.11. The Balaban J connectivity index is 2.40. The molecule has 1 amide bonds. The van der Waals surface area contributed by atoms with E-state index in [1.165, 1.54) is 0 Å². The molecule has 0 fully saturated rings. The summed E-state index contributed by atoms with van der Waals surface area (Å²) in [4.78, 5) is 14.9. The normalized spacial score (nSPS) is 11.5. The summed E-state index contributed by atoms with van der Waals surface area (Å²) < 4.78 is 10.5. The molecular formula is C15H27N3O3S. The molecule has 0 aromatic carbocycles. The zero-order valence-electron chi connectivity index (χ0n) is 13.8. The van der Waals surface area contributed by atoms with Crippen molar-refractivity contribution in [3.05, 3.63) is 16.3 Å². The first-order chi connectivity index (χ1) is 10.3. The van der Waals surface area contributed by atoms with Gasteiger partial charge < -0.3 is 25.4 Å². The lowest BCUT2D eigenvalue weighted by atomic mass is 10.2. The van der Waals surface area contributed by atoms with Gasteiger partial charge in [-0.1, -0.05) is 0 Å². The van der Waals surface area contributed by atoms with E-state index in [9.17, 15) is 4.79 Å². The van der Waals surface area contributed by atoms with Crippen molar-refractivity contribution >= 4 is 23.1 Å². The number of rotatable bonds is 8. The Bertz CT molecular complexity index is 457. The molecular weight excluding hydrogens is 302 g/mol. The van der Waals surface area contributed by atoms with Crippen LogP contribution in [0.15, 0.2) is 11.4 Å². The van der Waals surface area contributed by atoms with E-state index in [-0.39, 0.29) is 6.09 Å². The van der Waals surface area contributed by atoms with Crippen molar-refractivity contribution in [3.63, 3.8) is 0 Å². The number of methoxy groups -OCH3 is 1. The number of anilines is 1. The molecule has 3 N–H and O–H groups in total. The summed E-state index contributed by atoms with van der Waals surface area (Å²) in [6.45, 7) is 8.50. The Morgan fingerprint density at radius 1 is 1.41 bits per heavy atom. The fourth-order valence-electron chi connectivity index (χ4n) is 1.73. The highest BCUT2D eigenvalue weighted by atomic mass is 32.1. The van der Waals surface area contributed by atoms with Gasteiger partial charge in [0.15, 0.2) is 0 Å². The SMILES string of the molecule is COCCN(CCNCc1sccc1N)C(=O)OC(C)(C)C. The molecule has 126 valence electrons. The zero-order valence-corrected chi connectivity index (χ0v) is 14.7. The van der Waals surface area contributed by atoms with Crippen LogP contribution in [-0.2, 0) is 16.0 Å². The molecule has 1 aromatic rings. The first-order valence-corrected chi connectivity index (χ1v) is 8.21. The minimum atomic E-state index is -0.499. The molecule has 0 saturated carbocycles. The second-order valence-corrected chi connectivity index (χ2v) is 6.94. The lowest BCUT2D eigenvalue weighted by molar-refractivity contribution is 0.0204. The third-order valence-electron chi connectivity index (χ3n) is 2.84. The van der Waals surface area contributed by atoms with Gasteiger partial charge >= 0.3 is 6.09 Å². The van der Waals surface area contributed by atoms with E-state index in [1.807, 2.05) is 32.2 Å². The molecule has 0 spiro atoms. The van der Waals surface area contributed by atoms with Crippen molar-refractivity contribution in [2.45, 2.75) is 32.9 Å². The summed E-state index contributed by atoms with van der Waals surface area (Å²) in [5.41, 5.74) is 6.14. The van der Waals surface area contributed by atoms with Gasteiger partial charge in [0.25, 0.3) is 0 Å². The number of hydrogen-bond donors (Lipinski definition) is 2. The summed E-state index contributed by atoms with van der Waals surface area (Å²) in [6.07, 6.45) is -0.318. The Hall–Kier alpha value is -1.31. The summed E-state index contributed by atoms with van der Waals surface area (Å²) in [5, 5.41) is 5.26. The van der Waals surface area contributed by atoms with Gasteiger partial charge in [0.2, 0.25) is 0 Å². The minimum absolute atomic E-state index is 0.318. The monoisotopic (exact) mass is 329 g/mol. The van der Waals surface area contributed by atoms with Crippen LogP contribution in [0.1, 0.15) is 25.6 Å². The molecule has 0 aliphatic heterocycles. The molecule has 1 heterocycles. The summed E-state index contributed by atoms with van der Waals surface area (Å²) in [7, 11) is 1.62. The van der Waals surface area contributed by atoms with Crippen LogP contribution in [0.4, 0.5) is 10.5 Å². The number of carbonyl (C=O) groups is 1. The Labute approximate surface area is 136 Å². The summed E-state index contributed by atoms with van der Waals surface area (Å²) in [6, 6.07) is 1.90. The van der Waals surface area contributed by atoms with E-state index >= 15 is 0 Å². The topological polar surface area (TPSA) is 76.8 Å². The lowest BCUT2D eigenvalue weighted by Crippen LogP contribution is -2.42. The van der Waals surface area contributed by atoms with Crippen molar-refractivity contribution in [1.29, 1.82) is 0 Å². The van der Waals surface area contributed by atoms with Crippen LogP contribution >= 0.6 is 11.3 Å². The summed E-state index contributed by atoms with van der Waals surface area (Å²) >= 11 is 1.62. The average molecular weight is 329 g/mol. The van der Waals surface area contributed by atoms with Crippen LogP contribution in [0.25, 0.3) is 0 Å². The van der Waals surface area contributed by atoms with E-state index in [0.29, 0.717) is 32.8 Å². The Kier molecular flexibility index (Phi) is 7.64. The fourth-order valence-corrected chi connectivity index (χ4v) is 2.50. The molecule has 7 heteroatoms. The number of hydrogen-bond acceptors (Lipinski definition) is 6. The van der Waals surface area contributed by atoms with Crippen molar-refractivity contribution in [3.8, 4) is 0 Å². The van der Waals surface area contributed by atoms with Gasteiger partial charge in [0.1, 0.15) is 5.60 Å². The van der Waals surface area contributed by atoms with Crippen LogP contribution in [0.5, 0.6) is 0 Å². The van der Waals surface area contributed by atoms with E-state index in [4.69, 9.17) is 15.2 Å². The van der Waals surface area contributed by atoms with Gasteiger partial charge in [-0.05, 0) is 32.2 Å². The summed E-state index contributed by atoms with van der Waals surface area (Å²) in [5.74, 6) is 0.